The maximum atomic E-state index is 12.4. The van der Waals surface area contributed by atoms with Crippen LogP contribution in [0.3, 0.4) is 0 Å². The molecule has 0 aliphatic rings. The summed E-state index contributed by atoms with van der Waals surface area (Å²) in [6.07, 6.45) is 2.19. The monoisotopic (exact) mass is 405 g/mol. The highest BCUT2D eigenvalue weighted by atomic mass is 32.2. The number of rotatable bonds is 8. The minimum atomic E-state index is -3.93. The molecule has 10 heteroatoms. The summed E-state index contributed by atoms with van der Waals surface area (Å²) in [5.41, 5.74) is 1.18. The van der Waals surface area contributed by atoms with Gasteiger partial charge < -0.3 is 13.9 Å². The van der Waals surface area contributed by atoms with Crippen LogP contribution < -0.4 is 20.1 Å². The van der Waals surface area contributed by atoms with Gasteiger partial charge in [-0.25, -0.2) is 9.63 Å². The Balaban J connectivity index is 1.77. The van der Waals surface area contributed by atoms with Gasteiger partial charge in [-0.2, -0.15) is 13.5 Å². The van der Waals surface area contributed by atoms with Crippen LogP contribution >= 0.6 is 0 Å². The number of aromatic nitrogens is 1. The van der Waals surface area contributed by atoms with Gasteiger partial charge in [-0.3, -0.25) is 4.98 Å². The molecule has 0 unspecified atom stereocenters. The van der Waals surface area contributed by atoms with Crippen molar-refractivity contribution in [2.24, 2.45) is 5.10 Å². The van der Waals surface area contributed by atoms with Gasteiger partial charge in [0.2, 0.25) is 0 Å². The number of ether oxygens (including phenoxy) is 2. The molecule has 3 aromatic rings. The summed E-state index contributed by atoms with van der Waals surface area (Å²) in [6.45, 7) is 2.52. The van der Waals surface area contributed by atoms with Gasteiger partial charge in [0, 0.05) is 6.07 Å². The molecule has 0 radical (unpaired) electrons. The second-order valence-electron chi connectivity index (χ2n) is 5.78. The number of sulfonamides is 1. The zero-order chi connectivity index (χ0) is 20.1. The number of hydrogen-bond donors (Lipinski definition) is 2. The average Bonchev–Trinajstić information content (AvgIpc) is 3.05. The number of H-pyrrole nitrogens is 1. The van der Waals surface area contributed by atoms with Crippen LogP contribution in [0.15, 0.2) is 55.6 Å². The predicted molar refractivity (Wildman–Crippen MR) is 104 cm³/mol. The van der Waals surface area contributed by atoms with E-state index in [-0.39, 0.29) is 10.5 Å². The first-order valence-electron chi connectivity index (χ1n) is 8.41. The number of oxazole rings is 1. The molecular formula is C18H19N3O6S. The maximum Gasteiger partial charge on any atom is 0.417 e. The van der Waals surface area contributed by atoms with Gasteiger partial charge in [-0.15, -0.1) is 0 Å². The van der Waals surface area contributed by atoms with E-state index in [2.05, 4.69) is 14.9 Å². The summed E-state index contributed by atoms with van der Waals surface area (Å²) in [7, 11) is -2.39. The van der Waals surface area contributed by atoms with Crippen LogP contribution in [0.2, 0.25) is 0 Å². The standard InChI is InChI=1S/C18H19N3O6S/c1-3-8-26-17-9-12(4-7-15(17)25-2)11-19-21-28(23,24)13-5-6-14-16(10-13)27-18(22)20-14/h4-7,9-11,21H,3,8H2,1-2H3,(H,20,22)/b19-11+. The lowest BCUT2D eigenvalue weighted by atomic mass is 10.2. The topological polar surface area (TPSA) is 123 Å². The van der Waals surface area contributed by atoms with Crippen LogP contribution in [0, 0.1) is 0 Å². The second-order valence-corrected chi connectivity index (χ2v) is 7.45. The predicted octanol–water partition coefficient (Wildman–Crippen LogP) is 2.23. The van der Waals surface area contributed by atoms with Crippen LogP contribution in [0.25, 0.3) is 11.1 Å². The van der Waals surface area contributed by atoms with Crippen LogP contribution in [0.4, 0.5) is 0 Å². The molecule has 0 bridgehead atoms. The first-order chi connectivity index (χ1) is 13.4. The van der Waals surface area contributed by atoms with Gasteiger partial charge >= 0.3 is 5.76 Å². The highest BCUT2D eigenvalue weighted by Gasteiger charge is 2.15. The molecule has 0 saturated carbocycles. The summed E-state index contributed by atoms with van der Waals surface area (Å²) >= 11 is 0. The summed E-state index contributed by atoms with van der Waals surface area (Å²) in [5.74, 6) is 0.465. The van der Waals surface area contributed by atoms with Crippen molar-refractivity contribution in [2.45, 2.75) is 18.2 Å². The van der Waals surface area contributed by atoms with Gasteiger partial charge in [0.25, 0.3) is 10.0 Å². The van der Waals surface area contributed by atoms with Crippen molar-refractivity contribution in [2.75, 3.05) is 13.7 Å². The Morgan fingerprint density at radius 1 is 1.21 bits per heavy atom. The molecule has 0 atom stereocenters. The first-order valence-corrected chi connectivity index (χ1v) is 9.90. The van der Waals surface area contributed by atoms with E-state index >= 15 is 0 Å². The fourth-order valence-corrected chi connectivity index (χ4v) is 3.22. The van der Waals surface area contributed by atoms with Crippen molar-refractivity contribution in [3.63, 3.8) is 0 Å². The molecule has 1 heterocycles. The Morgan fingerprint density at radius 3 is 2.79 bits per heavy atom. The summed E-state index contributed by atoms with van der Waals surface area (Å²) in [4.78, 5) is 15.7. The van der Waals surface area contributed by atoms with Crippen molar-refractivity contribution in [3.05, 3.63) is 52.5 Å². The Morgan fingerprint density at radius 2 is 2.04 bits per heavy atom. The molecule has 0 saturated heterocycles. The highest BCUT2D eigenvalue weighted by molar-refractivity contribution is 7.89. The van der Waals surface area contributed by atoms with Gasteiger partial charge in [-0.1, -0.05) is 6.92 Å². The third-order valence-corrected chi connectivity index (χ3v) is 4.96. The minimum absolute atomic E-state index is 0.0819. The van der Waals surface area contributed by atoms with Crippen molar-refractivity contribution < 1.29 is 22.3 Å². The van der Waals surface area contributed by atoms with Gasteiger partial charge in [0.15, 0.2) is 17.1 Å². The summed E-state index contributed by atoms with van der Waals surface area (Å²) in [6, 6.07) is 9.16. The highest BCUT2D eigenvalue weighted by Crippen LogP contribution is 2.27. The van der Waals surface area contributed by atoms with Gasteiger partial charge in [0.05, 0.1) is 30.3 Å². The molecule has 148 valence electrons. The first kappa shape index (κ1) is 19.5. The van der Waals surface area contributed by atoms with Crippen LogP contribution in [0.5, 0.6) is 11.5 Å². The third-order valence-electron chi connectivity index (χ3n) is 3.74. The Hall–Kier alpha value is -3.27. The third kappa shape index (κ3) is 4.34. The van der Waals surface area contributed by atoms with E-state index in [1.54, 1.807) is 25.3 Å². The number of nitrogens with one attached hydrogen (secondary N) is 2. The van der Waals surface area contributed by atoms with Crippen molar-refractivity contribution >= 4 is 27.3 Å². The van der Waals surface area contributed by atoms with Crippen LogP contribution in [-0.4, -0.2) is 33.3 Å². The number of benzene rings is 2. The summed E-state index contributed by atoms with van der Waals surface area (Å²) in [5, 5.41) is 3.79. The van der Waals surface area contributed by atoms with Crippen molar-refractivity contribution in [3.8, 4) is 11.5 Å². The Kier molecular flexibility index (Phi) is 5.69. The smallest absolute Gasteiger partial charge is 0.417 e. The number of hydrazone groups is 1. The summed E-state index contributed by atoms with van der Waals surface area (Å²) < 4.78 is 40.5. The maximum absolute atomic E-state index is 12.4. The lowest BCUT2D eigenvalue weighted by Crippen LogP contribution is -2.18. The molecule has 0 aliphatic carbocycles. The van der Waals surface area contributed by atoms with E-state index < -0.39 is 15.8 Å². The molecule has 0 amide bonds. The lowest BCUT2D eigenvalue weighted by molar-refractivity contribution is 0.294. The Labute approximate surface area is 161 Å². The number of methoxy groups -OCH3 is 1. The SMILES string of the molecule is CCCOc1cc(/C=N/NS(=O)(=O)c2ccc3[nH]c(=O)oc3c2)ccc1OC. The van der Waals surface area contributed by atoms with E-state index in [0.29, 0.717) is 29.2 Å². The Bertz CT molecular complexity index is 1160. The van der Waals surface area contributed by atoms with E-state index in [4.69, 9.17) is 13.9 Å². The molecule has 0 aliphatic heterocycles. The lowest BCUT2D eigenvalue weighted by Gasteiger charge is -2.10. The van der Waals surface area contributed by atoms with Crippen molar-refractivity contribution in [1.82, 2.24) is 9.82 Å². The zero-order valence-electron chi connectivity index (χ0n) is 15.3. The quantitative estimate of drug-likeness (QED) is 0.438. The molecular weight excluding hydrogens is 386 g/mol. The zero-order valence-corrected chi connectivity index (χ0v) is 16.1. The van der Waals surface area contributed by atoms with Crippen LogP contribution in [-0.2, 0) is 10.0 Å². The average molecular weight is 405 g/mol. The van der Waals surface area contributed by atoms with E-state index in [0.717, 1.165) is 6.42 Å². The number of aromatic amines is 1. The normalized spacial score (nSPS) is 11.8. The number of hydrogen-bond acceptors (Lipinski definition) is 7. The fraction of sp³-hybridized carbons (Fsp3) is 0.222. The molecule has 0 spiro atoms. The molecule has 28 heavy (non-hydrogen) atoms. The van der Waals surface area contributed by atoms with Crippen LogP contribution in [0.1, 0.15) is 18.9 Å². The molecule has 2 aromatic carbocycles. The molecule has 1 aromatic heterocycles. The molecule has 9 nitrogen and oxygen atoms in total. The number of nitrogens with zero attached hydrogens (tertiary/aromatic N) is 1. The minimum Gasteiger partial charge on any atom is -0.493 e. The molecule has 2 N–H and O–H groups in total. The van der Waals surface area contributed by atoms with E-state index in [1.165, 1.54) is 24.4 Å². The van der Waals surface area contributed by atoms with Crippen molar-refractivity contribution in [1.29, 1.82) is 0 Å². The largest absolute Gasteiger partial charge is 0.493 e. The van der Waals surface area contributed by atoms with Gasteiger partial charge in [-0.05, 0) is 42.3 Å². The van der Waals surface area contributed by atoms with E-state index in [1.807, 2.05) is 6.92 Å². The number of fused-ring (bicyclic) bond motifs is 1. The van der Waals surface area contributed by atoms with E-state index in [9.17, 15) is 13.2 Å². The second kappa shape index (κ2) is 8.17. The molecule has 3 rings (SSSR count). The fourth-order valence-electron chi connectivity index (χ4n) is 2.41. The molecule has 0 fully saturated rings. The van der Waals surface area contributed by atoms with Gasteiger partial charge in [0.1, 0.15) is 0 Å².